The highest BCUT2D eigenvalue weighted by Gasteiger charge is 2.18. The molecule has 0 bridgehead atoms. The predicted octanol–water partition coefficient (Wildman–Crippen LogP) is 3.78. The third-order valence-corrected chi connectivity index (χ3v) is 6.37. The van der Waals surface area contributed by atoms with Gasteiger partial charge in [0.05, 0.1) is 5.69 Å². The van der Waals surface area contributed by atoms with Crippen molar-refractivity contribution in [3.05, 3.63) is 52.1 Å². The number of benzene rings is 1. The van der Waals surface area contributed by atoms with Crippen LogP contribution in [0.25, 0.3) is 11.3 Å². The average molecular weight is 354 g/mol. The molecular formula is C19H22N4OS. The summed E-state index contributed by atoms with van der Waals surface area (Å²) in [4.78, 5) is 12.9. The van der Waals surface area contributed by atoms with E-state index in [1.165, 1.54) is 31.2 Å². The van der Waals surface area contributed by atoms with Crippen LogP contribution in [0.4, 0.5) is 0 Å². The van der Waals surface area contributed by atoms with Crippen LogP contribution in [-0.2, 0) is 0 Å². The molecule has 4 rings (SSSR count). The molecule has 130 valence electrons. The van der Waals surface area contributed by atoms with Crippen molar-refractivity contribution in [2.45, 2.75) is 44.7 Å². The van der Waals surface area contributed by atoms with Gasteiger partial charge in [-0.1, -0.05) is 36.7 Å². The van der Waals surface area contributed by atoms with E-state index < -0.39 is 0 Å². The minimum Gasteiger partial charge on any atom is -0.279 e. The zero-order chi connectivity index (χ0) is 17.4. The minimum absolute atomic E-state index is 0.128. The van der Waals surface area contributed by atoms with Crippen molar-refractivity contribution in [3.63, 3.8) is 0 Å². The van der Waals surface area contributed by atoms with Crippen molar-refractivity contribution in [1.29, 1.82) is 0 Å². The normalized spacial score (nSPS) is 15.3. The number of thioether (sulfide) groups is 1. The third kappa shape index (κ3) is 2.99. The van der Waals surface area contributed by atoms with Gasteiger partial charge in [0.2, 0.25) is 5.65 Å². The van der Waals surface area contributed by atoms with Crippen LogP contribution in [0.15, 0.2) is 40.5 Å². The molecular weight excluding hydrogens is 332 g/mol. The number of rotatable bonds is 4. The van der Waals surface area contributed by atoms with Crippen LogP contribution in [-0.4, -0.2) is 24.9 Å². The largest absolute Gasteiger partial charge is 0.300 e. The van der Waals surface area contributed by atoms with E-state index in [0.29, 0.717) is 5.65 Å². The summed E-state index contributed by atoms with van der Waals surface area (Å²) in [5.74, 6) is 1.83. The quantitative estimate of drug-likeness (QED) is 0.669. The van der Waals surface area contributed by atoms with Gasteiger partial charge in [0, 0.05) is 18.1 Å². The fourth-order valence-corrected chi connectivity index (χ4v) is 4.62. The Kier molecular flexibility index (Phi) is 4.37. The molecule has 0 amide bonds. The van der Waals surface area contributed by atoms with Crippen LogP contribution < -0.4 is 5.56 Å². The van der Waals surface area contributed by atoms with Gasteiger partial charge in [0.25, 0.3) is 0 Å². The van der Waals surface area contributed by atoms with E-state index >= 15 is 0 Å². The molecule has 5 nitrogen and oxygen atoms in total. The molecule has 0 N–H and O–H groups in total. The Labute approximate surface area is 151 Å². The molecule has 25 heavy (non-hydrogen) atoms. The van der Waals surface area contributed by atoms with E-state index in [1.54, 1.807) is 16.3 Å². The van der Waals surface area contributed by atoms with E-state index in [2.05, 4.69) is 23.2 Å². The Morgan fingerprint density at radius 3 is 2.76 bits per heavy atom. The van der Waals surface area contributed by atoms with Crippen LogP contribution >= 0.6 is 11.8 Å². The van der Waals surface area contributed by atoms with E-state index in [9.17, 15) is 4.79 Å². The highest BCUT2D eigenvalue weighted by Crippen LogP contribution is 2.30. The van der Waals surface area contributed by atoms with Gasteiger partial charge in [0.1, 0.15) is 0 Å². The smallest absolute Gasteiger partial charge is 0.279 e. The molecule has 1 fully saturated rings. The topological polar surface area (TPSA) is 52.2 Å². The summed E-state index contributed by atoms with van der Waals surface area (Å²) in [5.41, 5.74) is 3.42. The molecule has 0 unspecified atom stereocenters. The first-order valence-electron chi connectivity index (χ1n) is 8.81. The van der Waals surface area contributed by atoms with E-state index in [0.717, 1.165) is 28.1 Å². The number of nitrogens with zero attached hydrogens (tertiary/aromatic N) is 4. The van der Waals surface area contributed by atoms with Gasteiger partial charge in [-0.15, -0.1) is 10.2 Å². The molecule has 2 heterocycles. The van der Waals surface area contributed by atoms with Crippen molar-refractivity contribution in [2.75, 3.05) is 5.75 Å². The first-order valence-corrected chi connectivity index (χ1v) is 9.79. The maximum absolute atomic E-state index is 12.9. The molecule has 1 aliphatic rings. The molecule has 1 aromatic carbocycles. The van der Waals surface area contributed by atoms with Crippen LogP contribution in [0.5, 0.6) is 0 Å². The summed E-state index contributed by atoms with van der Waals surface area (Å²) in [6.45, 7) is 4.09. The monoisotopic (exact) mass is 354 g/mol. The van der Waals surface area contributed by atoms with Gasteiger partial charge in [-0.3, -0.25) is 13.8 Å². The third-order valence-electron chi connectivity index (χ3n) is 5.20. The first-order chi connectivity index (χ1) is 12.1. The Balaban J connectivity index is 1.69. The summed E-state index contributed by atoms with van der Waals surface area (Å²) in [6.07, 6.45) is 9.01. The second-order valence-corrected chi connectivity index (χ2v) is 7.82. The second kappa shape index (κ2) is 6.67. The lowest BCUT2D eigenvalue weighted by Gasteiger charge is -2.11. The number of aromatic nitrogens is 4. The number of fused-ring (bicyclic) bond motifs is 1. The van der Waals surface area contributed by atoms with E-state index in [4.69, 9.17) is 0 Å². The lowest BCUT2D eigenvalue weighted by Crippen LogP contribution is -2.21. The fourth-order valence-electron chi connectivity index (χ4n) is 3.52. The lowest BCUT2D eigenvalue weighted by atomic mass is 10.1. The molecule has 6 heteroatoms. The van der Waals surface area contributed by atoms with Crippen LogP contribution in [0, 0.1) is 19.8 Å². The van der Waals surface area contributed by atoms with Crippen molar-refractivity contribution in [3.8, 4) is 5.69 Å². The number of hydrogen-bond donors (Lipinski definition) is 0. The number of aryl methyl sites for hydroxylation is 1. The second-order valence-electron chi connectivity index (χ2n) is 6.83. The van der Waals surface area contributed by atoms with E-state index in [-0.39, 0.29) is 5.56 Å². The molecule has 3 aromatic rings. The molecule has 1 saturated carbocycles. The average Bonchev–Trinajstić information content (AvgIpc) is 3.26. The Bertz CT molecular complexity index is 969. The molecule has 2 aromatic heterocycles. The Morgan fingerprint density at radius 1 is 1.16 bits per heavy atom. The summed E-state index contributed by atoms with van der Waals surface area (Å²) in [5, 5.41) is 9.23. The molecule has 0 aliphatic heterocycles. The van der Waals surface area contributed by atoms with Gasteiger partial charge >= 0.3 is 5.56 Å². The maximum atomic E-state index is 12.9. The molecule has 0 saturated heterocycles. The summed E-state index contributed by atoms with van der Waals surface area (Å²) < 4.78 is 3.49. The van der Waals surface area contributed by atoms with Gasteiger partial charge < -0.3 is 0 Å². The highest BCUT2D eigenvalue weighted by atomic mass is 32.2. The standard InChI is InChI=1S/C19H22N4OS/c1-13-6-5-9-16(14(13)2)22-10-11-23-17(18(22)24)20-21-19(23)25-12-15-7-3-4-8-15/h5-6,9-11,15H,3-4,7-8,12H2,1-2H3. The molecule has 0 radical (unpaired) electrons. The Morgan fingerprint density at radius 2 is 1.96 bits per heavy atom. The zero-order valence-corrected chi connectivity index (χ0v) is 15.4. The maximum Gasteiger partial charge on any atom is 0.300 e. The number of hydrogen-bond acceptors (Lipinski definition) is 4. The van der Waals surface area contributed by atoms with Crippen LogP contribution in [0.1, 0.15) is 36.8 Å². The SMILES string of the molecule is Cc1cccc(-n2ccn3c(SCC4CCCC4)nnc3c2=O)c1C. The van der Waals surface area contributed by atoms with Gasteiger partial charge in [0.15, 0.2) is 5.16 Å². The van der Waals surface area contributed by atoms with Gasteiger partial charge in [-0.2, -0.15) is 0 Å². The van der Waals surface area contributed by atoms with Crippen molar-refractivity contribution in [2.24, 2.45) is 5.92 Å². The van der Waals surface area contributed by atoms with Crippen molar-refractivity contribution >= 4 is 17.4 Å². The molecule has 0 spiro atoms. The van der Waals surface area contributed by atoms with Crippen molar-refractivity contribution in [1.82, 2.24) is 19.2 Å². The fraction of sp³-hybridized carbons (Fsp3) is 0.421. The summed E-state index contributed by atoms with van der Waals surface area (Å²) in [6, 6.07) is 5.99. The highest BCUT2D eigenvalue weighted by molar-refractivity contribution is 7.99. The van der Waals surface area contributed by atoms with Crippen LogP contribution in [0.2, 0.25) is 0 Å². The first kappa shape index (κ1) is 16.4. The zero-order valence-electron chi connectivity index (χ0n) is 14.6. The predicted molar refractivity (Wildman–Crippen MR) is 101 cm³/mol. The molecule has 1 aliphatic carbocycles. The van der Waals surface area contributed by atoms with E-state index in [1.807, 2.05) is 35.9 Å². The summed E-state index contributed by atoms with van der Waals surface area (Å²) in [7, 11) is 0. The minimum atomic E-state index is -0.128. The summed E-state index contributed by atoms with van der Waals surface area (Å²) >= 11 is 1.71. The van der Waals surface area contributed by atoms with Gasteiger partial charge in [-0.25, -0.2) is 0 Å². The molecule has 0 atom stereocenters. The lowest BCUT2D eigenvalue weighted by molar-refractivity contribution is 0.622. The van der Waals surface area contributed by atoms with Crippen LogP contribution in [0.3, 0.4) is 0 Å². The van der Waals surface area contributed by atoms with Crippen molar-refractivity contribution < 1.29 is 0 Å². The van der Waals surface area contributed by atoms with Gasteiger partial charge in [-0.05, 0) is 49.8 Å². The Hall–Kier alpha value is -2.08.